The lowest BCUT2D eigenvalue weighted by molar-refractivity contribution is -0.0361. The Balaban J connectivity index is 2.60. The van der Waals surface area contributed by atoms with E-state index in [1.54, 1.807) is 12.1 Å². The van der Waals surface area contributed by atoms with Gasteiger partial charge in [0.2, 0.25) is 0 Å². The van der Waals surface area contributed by atoms with Crippen molar-refractivity contribution in [2.45, 2.75) is 32.4 Å². The van der Waals surface area contributed by atoms with E-state index in [0.717, 1.165) is 31.4 Å². The number of carboxylic acids is 1. The molecule has 0 fully saturated rings. The van der Waals surface area contributed by atoms with Crippen LogP contribution in [0.2, 0.25) is 0 Å². The van der Waals surface area contributed by atoms with Gasteiger partial charge in [0, 0.05) is 13.0 Å². The largest absolute Gasteiger partial charge is 0.478 e. The number of rotatable bonds is 8. The summed E-state index contributed by atoms with van der Waals surface area (Å²) >= 11 is 0. The molecule has 1 unspecified atom stereocenters. The van der Waals surface area contributed by atoms with Crippen LogP contribution in [0.1, 0.15) is 35.7 Å². The monoisotopic (exact) mass is 265 g/mol. The topological polar surface area (TPSA) is 49.8 Å². The molecule has 1 rings (SSSR count). The summed E-state index contributed by atoms with van der Waals surface area (Å²) in [5.74, 6) is -0.894. The first-order chi connectivity index (χ1) is 9.04. The second-order valence-corrected chi connectivity index (χ2v) is 4.85. The van der Waals surface area contributed by atoms with Gasteiger partial charge in [-0.3, -0.25) is 4.90 Å². The minimum atomic E-state index is -0.894. The molecule has 4 heteroatoms. The molecular weight excluding hydrogens is 242 g/mol. The number of ether oxygens (including phenoxy) is 1. The van der Waals surface area contributed by atoms with Gasteiger partial charge in [-0.2, -0.15) is 0 Å². The van der Waals surface area contributed by atoms with Gasteiger partial charge >= 0.3 is 5.97 Å². The number of unbranched alkanes of at least 4 members (excludes halogenated alkanes) is 1. The SMILES string of the molecule is CCCCOC(Cc1ccc(C(=O)O)cc1)N(C)C. The molecule has 0 aromatic heterocycles. The van der Waals surface area contributed by atoms with Gasteiger partial charge in [-0.15, -0.1) is 0 Å². The van der Waals surface area contributed by atoms with Gasteiger partial charge in [-0.25, -0.2) is 4.79 Å². The third kappa shape index (κ3) is 5.41. The molecule has 0 radical (unpaired) electrons. The van der Waals surface area contributed by atoms with Crippen molar-refractivity contribution in [1.82, 2.24) is 4.90 Å². The van der Waals surface area contributed by atoms with Crippen molar-refractivity contribution in [3.05, 3.63) is 35.4 Å². The molecule has 0 spiro atoms. The first-order valence-corrected chi connectivity index (χ1v) is 6.65. The molecule has 0 amide bonds. The van der Waals surface area contributed by atoms with Crippen molar-refractivity contribution in [3.63, 3.8) is 0 Å². The normalized spacial score (nSPS) is 12.6. The van der Waals surface area contributed by atoms with Crippen molar-refractivity contribution in [2.24, 2.45) is 0 Å². The number of benzene rings is 1. The van der Waals surface area contributed by atoms with Crippen molar-refractivity contribution in [2.75, 3.05) is 20.7 Å². The van der Waals surface area contributed by atoms with Crippen LogP contribution in [0.25, 0.3) is 0 Å². The van der Waals surface area contributed by atoms with Crippen LogP contribution in [-0.2, 0) is 11.2 Å². The number of hydrogen-bond donors (Lipinski definition) is 1. The highest BCUT2D eigenvalue weighted by Crippen LogP contribution is 2.11. The Hall–Kier alpha value is -1.39. The zero-order valence-corrected chi connectivity index (χ0v) is 11.9. The number of carboxylic acid groups (broad SMARTS) is 1. The van der Waals surface area contributed by atoms with E-state index >= 15 is 0 Å². The first kappa shape index (κ1) is 15.7. The summed E-state index contributed by atoms with van der Waals surface area (Å²) < 4.78 is 5.84. The summed E-state index contributed by atoms with van der Waals surface area (Å²) in [5.41, 5.74) is 1.40. The van der Waals surface area contributed by atoms with Crippen LogP contribution in [0.4, 0.5) is 0 Å². The molecule has 106 valence electrons. The Morgan fingerprint density at radius 2 is 1.95 bits per heavy atom. The minimum Gasteiger partial charge on any atom is -0.478 e. The molecule has 19 heavy (non-hydrogen) atoms. The molecule has 0 aliphatic rings. The summed E-state index contributed by atoms with van der Waals surface area (Å²) in [7, 11) is 3.98. The van der Waals surface area contributed by atoms with Gasteiger partial charge in [0.1, 0.15) is 6.23 Å². The summed E-state index contributed by atoms with van der Waals surface area (Å²) in [6.45, 7) is 2.89. The second-order valence-electron chi connectivity index (χ2n) is 4.85. The lowest BCUT2D eigenvalue weighted by Gasteiger charge is -2.24. The van der Waals surface area contributed by atoms with Gasteiger partial charge in [-0.1, -0.05) is 25.5 Å². The molecule has 0 saturated heterocycles. The molecule has 4 nitrogen and oxygen atoms in total. The van der Waals surface area contributed by atoms with Gasteiger partial charge in [0.05, 0.1) is 5.56 Å². The van der Waals surface area contributed by atoms with Crippen LogP contribution >= 0.6 is 0 Å². The average Bonchev–Trinajstić information content (AvgIpc) is 2.38. The lowest BCUT2D eigenvalue weighted by Crippen LogP contribution is -2.33. The zero-order valence-electron chi connectivity index (χ0n) is 11.9. The molecule has 1 N–H and O–H groups in total. The van der Waals surface area contributed by atoms with E-state index in [1.807, 2.05) is 31.1 Å². The second kappa shape index (κ2) is 7.92. The first-order valence-electron chi connectivity index (χ1n) is 6.65. The molecule has 1 aromatic carbocycles. The zero-order chi connectivity index (χ0) is 14.3. The van der Waals surface area contributed by atoms with Gasteiger partial charge in [0.15, 0.2) is 0 Å². The fraction of sp³-hybridized carbons (Fsp3) is 0.533. The van der Waals surface area contributed by atoms with Gasteiger partial charge in [0.25, 0.3) is 0 Å². The Labute approximate surface area is 115 Å². The number of nitrogens with zero attached hydrogens (tertiary/aromatic N) is 1. The lowest BCUT2D eigenvalue weighted by atomic mass is 10.1. The van der Waals surface area contributed by atoms with E-state index in [1.165, 1.54) is 0 Å². The van der Waals surface area contributed by atoms with Crippen LogP contribution < -0.4 is 0 Å². The molecule has 1 atom stereocenters. The van der Waals surface area contributed by atoms with Crippen molar-refractivity contribution < 1.29 is 14.6 Å². The average molecular weight is 265 g/mol. The van der Waals surface area contributed by atoms with Crippen molar-refractivity contribution in [1.29, 1.82) is 0 Å². The number of hydrogen-bond acceptors (Lipinski definition) is 3. The van der Waals surface area contributed by atoms with Gasteiger partial charge in [-0.05, 0) is 38.2 Å². The van der Waals surface area contributed by atoms with Crippen molar-refractivity contribution >= 4 is 5.97 Å². The highest BCUT2D eigenvalue weighted by atomic mass is 16.5. The Morgan fingerprint density at radius 1 is 1.32 bits per heavy atom. The van der Waals surface area contributed by atoms with E-state index in [0.29, 0.717) is 5.56 Å². The standard InChI is InChI=1S/C15H23NO3/c1-4-5-10-19-14(16(2)3)11-12-6-8-13(9-7-12)15(17)18/h6-9,14H,4-5,10-11H2,1-3H3,(H,17,18). The maximum atomic E-state index is 10.8. The summed E-state index contributed by atoms with van der Waals surface area (Å²) in [4.78, 5) is 12.8. The molecule has 0 aliphatic heterocycles. The fourth-order valence-electron chi connectivity index (χ4n) is 1.74. The summed E-state index contributed by atoms with van der Waals surface area (Å²) in [5, 5.41) is 8.86. The van der Waals surface area contributed by atoms with E-state index in [-0.39, 0.29) is 6.23 Å². The minimum absolute atomic E-state index is 0.0298. The quantitative estimate of drug-likeness (QED) is 0.580. The Bertz CT molecular complexity index is 387. The van der Waals surface area contributed by atoms with Crippen LogP contribution in [-0.4, -0.2) is 42.9 Å². The molecule has 0 heterocycles. The maximum absolute atomic E-state index is 10.8. The molecule has 0 bridgehead atoms. The van der Waals surface area contributed by atoms with Crippen LogP contribution in [0, 0.1) is 0 Å². The molecule has 0 aliphatic carbocycles. The third-order valence-corrected chi connectivity index (χ3v) is 3.00. The summed E-state index contributed by atoms with van der Waals surface area (Å²) in [6.07, 6.45) is 2.97. The fourth-order valence-corrected chi connectivity index (χ4v) is 1.74. The Kier molecular flexibility index (Phi) is 6.53. The van der Waals surface area contributed by atoms with Crippen molar-refractivity contribution in [3.8, 4) is 0 Å². The van der Waals surface area contributed by atoms with E-state index in [4.69, 9.17) is 9.84 Å². The highest BCUT2D eigenvalue weighted by Gasteiger charge is 2.12. The highest BCUT2D eigenvalue weighted by molar-refractivity contribution is 5.87. The van der Waals surface area contributed by atoms with E-state index in [2.05, 4.69) is 6.92 Å². The van der Waals surface area contributed by atoms with Crippen LogP contribution in [0.15, 0.2) is 24.3 Å². The maximum Gasteiger partial charge on any atom is 0.335 e. The predicted octanol–water partition coefficient (Wildman–Crippen LogP) is 2.63. The molecular formula is C15H23NO3. The number of aromatic carboxylic acids is 1. The van der Waals surface area contributed by atoms with Crippen LogP contribution in [0.3, 0.4) is 0 Å². The Morgan fingerprint density at radius 3 is 2.42 bits per heavy atom. The molecule has 1 aromatic rings. The van der Waals surface area contributed by atoms with Gasteiger partial charge < -0.3 is 9.84 Å². The third-order valence-electron chi connectivity index (χ3n) is 3.00. The number of carbonyl (C=O) groups is 1. The predicted molar refractivity (Wildman–Crippen MR) is 75.4 cm³/mol. The van der Waals surface area contributed by atoms with E-state index in [9.17, 15) is 4.79 Å². The summed E-state index contributed by atoms with van der Waals surface area (Å²) in [6, 6.07) is 6.97. The smallest absolute Gasteiger partial charge is 0.335 e. The number of likely N-dealkylation sites (N-methyl/N-ethyl adjacent to an activating group) is 1. The van der Waals surface area contributed by atoms with E-state index < -0.39 is 5.97 Å². The van der Waals surface area contributed by atoms with Crippen LogP contribution in [0.5, 0.6) is 0 Å². The molecule has 0 saturated carbocycles.